The van der Waals surface area contributed by atoms with Gasteiger partial charge in [0.15, 0.2) is 0 Å². The zero-order chi connectivity index (χ0) is 14.1. The highest BCUT2D eigenvalue weighted by atomic mass is 16.2. The molecule has 4 fully saturated rings. The van der Waals surface area contributed by atoms with Crippen molar-refractivity contribution in [1.82, 2.24) is 14.7 Å². The second-order valence-corrected chi connectivity index (χ2v) is 6.62. The Morgan fingerprint density at radius 1 is 1.15 bits per heavy atom. The molecule has 108 valence electrons. The standard InChI is InChI=1S/C14H19N3O3/c1-14-5-2-6-16(14)13(20)17(12(14)19)10-7-11(18)15(8-10)9-3-4-9/h9-10H,2-8H2,1H3/t10-,14-/m1/s1. The molecule has 2 atom stereocenters. The first-order valence-corrected chi connectivity index (χ1v) is 7.47. The summed E-state index contributed by atoms with van der Waals surface area (Å²) in [6.07, 6.45) is 4.05. The van der Waals surface area contributed by atoms with Gasteiger partial charge in [-0.3, -0.25) is 14.5 Å². The van der Waals surface area contributed by atoms with Gasteiger partial charge in [0.25, 0.3) is 5.91 Å². The molecule has 0 N–H and O–H groups in total. The van der Waals surface area contributed by atoms with Crippen molar-refractivity contribution in [3.63, 3.8) is 0 Å². The van der Waals surface area contributed by atoms with Crippen LogP contribution in [0, 0.1) is 0 Å². The summed E-state index contributed by atoms with van der Waals surface area (Å²) in [7, 11) is 0. The van der Waals surface area contributed by atoms with Gasteiger partial charge in [-0.05, 0) is 32.6 Å². The predicted octanol–water partition coefficient (Wildman–Crippen LogP) is 0.566. The number of nitrogens with zero attached hydrogens (tertiary/aromatic N) is 3. The molecule has 3 aliphatic heterocycles. The van der Waals surface area contributed by atoms with E-state index in [0.717, 1.165) is 25.7 Å². The van der Waals surface area contributed by atoms with Crippen LogP contribution in [0.25, 0.3) is 0 Å². The summed E-state index contributed by atoms with van der Waals surface area (Å²) >= 11 is 0. The first-order valence-electron chi connectivity index (χ1n) is 7.47. The first-order chi connectivity index (χ1) is 9.52. The fourth-order valence-electron chi connectivity index (χ4n) is 3.91. The van der Waals surface area contributed by atoms with Gasteiger partial charge in [0, 0.05) is 25.6 Å². The van der Waals surface area contributed by atoms with E-state index in [2.05, 4.69) is 0 Å². The maximum atomic E-state index is 12.6. The van der Waals surface area contributed by atoms with Crippen LogP contribution in [0.3, 0.4) is 0 Å². The van der Waals surface area contributed by atoms with Gasteiger partial charge in [0.2, 0.25) is 5.91 Å². The molecule has 3 heterocycles. The minimum atomic E-state index is -0.660. The lowest BCUT2D eigenvalue weighted by Crippen LogP contribution is -2.45. The quantitative estimate of drug-likeness (QED) is 0.693. The van der Waals surface area contributed by atoms with Gasteiger partial charge >= 0.3 is 6.03 Å². The van der Waals surface area contributed by atoms with E-state index >= 15 is 0 Å². The number of rotatable bonds is 2. The van der Waals surface area contributed by atoms with Crippen molar-refractivity contribution < 1.29 is 14.4 Å². The van der Waals surface area contributed by atoms with Crippen molar-refractivity contribution in [1.29, 1.82) is 0 Å². The number of carbonyl (C=O) groups excluding carboxylic acids is 3. The lowest BCUT2D eigenvalue weighted by Gasteiger charge is -2.23. The third kappa shape index (κ3) is 1.42. The highest BCUT2D eigenvalue weighted by Crippen LogP contribution is 2.40. The van der Waals surface area contributed by atoms with E-state index in [-0.39, 0.29) is 23.9 Å². The molecular formula is C14H19N3O3. The minimum Gasteiger partial charge on any atom is -0.338 e. The van der Waals surface area contributed by atoms with Crippen LogP contribution in [-0.2, 0) is 9.59 Å². The van der Waals surface area contributed by atoms with E-state index in [4.69, 9.17) is 0 Å². The van der Waals surface area contributed by atoms with E-state index in [9.17, 15) is 14.4 Å². The number of fused-ring (bicyclic) bond motifs is 1. The Morgan fingerprint density at radius 2 is 1.90 bits per heavy atom. The van der Waals surface area contributed by atoms with Gasteiger partial charge in [-0.25, -0.2) is 4.79 Å². The molecule has 6 nitrogen and oxygen atoms in total. The molecule has 0 unspecified atom stereocenters. The van der Waals surface area contributed by atoms with Crippen LogP contribution < -0.4 is 0 Å². The van der Waals surface area contributed by atoms with Crippen molar-refractivity contribution in [2.75, 3.05) is 13.1 Å². The van der Waals surface area contributed by atoms with Crippen LogP contribution in [-0.4, -0.2) is 63.3 Å². The monoisotopic (exact) mass is 277 g/mol. The maximum Gasteiger partial charge on any atom is 0.328 e. The average Bonchev–Trinajstić information content (AvgIpc) is 3.02. The topological polar surface area (TPSA) is 60.9 Å². The second kappa shape index (κ2) is 3.74. The van der Waals surface area contributed by atoms with Gasteiger partial charge in [0.1, 0.15) is 5.54 Å². The summed E-state index contributed by atoms with van der Waals surface area (Å²) in [5.74, 6) is -0.00856. The summed E-state index contributed by atoms with van der Waals surface area (Å²) in [6.45, 7) is 3.05. The Kier molecular flexibility index (Phi) is 2.28. The molecule has 20 heavy (non-hydrogen) atoms. The third-order valence-corrected chi connectivity index (χ3v) is 5.25. The summed E-state index contributed by atoms with van der Waals surface area (Å²) in [6, 6.07) is -0.0910. The summed E-state index contributed by atoms with van der Waals surface area (Å²) < 4.78 is 0. The Bertz CT molecular complexity index is 516. The predicted molar refractivity (Wildman–Crippen MR) is 69.7 cm³/mol. The first kappa shape index (κ1) is 12.2. The van der Waals surface area contributed by atoms with Crippen LogP contribution in [0.15, 0.2) is 0 Å². The van der Waals surface area contributed by atoms with E-state index < -0.39 is 5.54 Å². The molecule has 4 rings (SSSR count). The minimum absolute atomic E-state index is 0.0929. The second-order valence-electron chi connectivity index (χ2n) is 6.62. The van der Waals surface area contributed by atoms with Crippen LogP contribution in [0.5, 0.6) is 0 Å². The van der Waals surface area contributed by atoms with Gasteiger partial charge in [-0.2, -0.15) is 0 Å². The van der Waals surface area contributed by atoms with Crippen LogP contribution in [0.4, 0.5) is 4.79 Å². The van der Waals surface area contributed by atoms with Gasteiger partial charge in [-0.1, -0.05) is 0 Å². The number of hydrogen-bond acceptors (Lipinski definition) is 3. The van der Waals surface area contributed by atoms with E-state index in [1.807, 2.05) is 11.8 Å². The van der Waals surface area contributed by atoms with Gasteiger partial charge in [0.05, 0.1) is 6.04 Å². The van der Waals surface area contributed by atoms with Crippen molar-refractivity contribution in [3.8, 4) is 0 Å². The van der Waals surface area contributed by atoms with Crippen LogP contribution >= 0.6 is 0 Å². The largest absolute Gasteiger partial charge is 0.338 e. The SMILES string of the molecule is C[C@]12CCCN1C(=O)N([C@@H]1CC(=O)N(C3CC3)C1)C2=O. The fraction of sp³-hybridized carbons (Fsp3) is 0.786. The fourth-order valence-corrected chi connectivity index (χ4v) is 3.91. The smallest absolute Gasteiger partial charge is 0.328 e. The van der Waals surface area contributed by atoms with Crippen LogP contribution in [0.2, 0.25) is 0 Å². The Hall–Kier alpha value is -1.59. The highest BCUT2D eigenvalue weighted by molar-refractivity contribution is 6.08. The van der Waals surface area contributed by atoms with Crippen molar-refractivity contribution in [2.24, 2.45) is 0 Å². The van der Waals surface area contributed by atoms with E-state index in [1.165, 1.54) is 4.90 Å². The Morgan fingerprint density at radius 3 is 2.55 bits per heavy atom. The van der Waals surface area contributed by atoms with Crippen molar-refractivity contribution in [2.45, 2.75) is 56.7 Å². The summed E-state index contributed by atoms with van der Waals surface area (Å²) in [5, 5.41) is 0. The molecule has 3 saturated heterocycles. The van der Waals surface area contributed by atoms with Crippen LogP contribution in [0.1, 0.15) is 39.0 Å². The molecule has 0 aromatic heterocycles. The zero-order valence-electron chi connectivity index (χ0n) is 11.7. The normalized spacial score (nSPS) is 37.4. The molecule has 1 aliphatic carbocycles. The molecular weight excluding hydrogens is 258 g/mol. The summed E-state index contributed by atoms with van der Waals surface area (Å²) in [5.41, 5.74) is -0.660. The molecule has 0 radical (unpaired) electrons. The van der Waals surface area contributed by atoms with E-state index in [0.29, 0.717) is 25.6 Å². The molecule has 0 bridgehead atoms. The molecule has 6 heteroatoms. The molecule has 4 amide bonds. The molecule has 0 aromatic rings. The maximum absolute atomic E-state index is 12.6. The molecule has 1 saturated carbocycles. The van der Waals surface area contributed by atoms with E-state index in [1.54, 1.807) is 4.90 Å². The van der Waals surface area contributed by atoms with Gasteiger partial charge < -0.3 is 9.80 Å². The number of hydrogen-bond donors (Lipinski definition) is 0. The lowest BCUT2D eigenvalue weighted by molar-refractivity contribution is -0.133. The number of amides is 4. The number of imide groups is 1. The Balaban J connectivity index is 1.59. The molecule has 0 aromatic carbocycles. The van der Waals surface area contributed by atoms with Gasteiger partial charge in [-0.15, -0.1) is 0 Å². The number of likely N-dealkylation sites (tertiary alicyclic amines) is 1. The Labute approximate surface area is 117 Å². The number of urea groups is 1. The van der Waals surface area contributed by atoms with Crippen molar-refractivity contribution in [3.05, 3.63) is 0 Å². The summed E-state index contributed by atoms with van der Waals surface area (Å²) in [4.78, 5) is 42.1. The molecule has 4 aliphatic rings. The highest BCUT2D eigenvalue weighted by Gasteiger charge is 2.59. The third-order valence-electron chi connectivity index (χ3n) is 5.25. The average molecular weight is 277 g/mol. The zero-order valence-corrected chi connectivity index (χ0v) is 11.7. The molecule has 0 spiro atoms. The number of carbonyl (C=O) groups is 3. The van der Waals surface area contributed by atoms with Crippen molar-refractivity contribution >= 4 is 17.8 Å². The lowest BCUT2D eigenvalue weighted by atomic mass is 9.99.